The summed E-state index contributed by atoms with van der Waals surface area (Å²) < 4.78 is 0. The molecule has 0 radical (unpaired) electrons. The summed E-state index contributed by atoms with van der Waals surface area (Å²) in [5.74, 6) is 11.2. The highest BCUT2D eigenvalue weighted by Crippen LogP contribution is 1.96. The van der Waals surface area contributed by atoms with Gasteiger partial charge in [0.1, 0.15) is 0 Å². The van der Waals surface area contributed by atoms with Gasteiger partial charge < -0.3 is 4.90 Å². The van der Waals surface area contributed by atoms with Crippen molar-refractivity contribution in [3.05, 3.63) is 0 Å². The average Bonchev–Trinajstić information content (AvgIpc) is 2.05. The van der Waals surface area contributed by atoms with Crippen molar-refractivity contribution in [1.82, 2.24) is 10.3 Å². The molecule has 3 heteroatoms. The number of nitrogens with zero attached hydrogens (tertiary/aromatic N) is 1. The first kappa shape index (κ1) is 11.4. The van der Waals surface area contributed by atoms with E-state index in [1.54, 1.807) is 0 Å². The molecule has 0 aromatic heterocycles. The maximum absolute atomic E-state index is 5.36. The summed E-state index contributed by atoms with van der Waals surface area (Å²) in [6.07, 6.45) is 1.87. The Hall–Kier alpha value is -0.560. The fourth-order valence-electron chi connectivity index (χ4n) is 0.884. The summed E-state index contributed by atoms with van der Waals surface area (Å²) in [7, 11) is 4.11. The van der Waals surface area contributed by atoms with Crippen LogP contribution in [0.15, 0.2) is 0 Å². The van der Waals surface area contributed by atoms with Gasteiger partial charge in [-0.25, -0.2) is 0 Å². The second-order valence-electron chi connectivity index (χ2n) is 3.09. The third-order valence-corrected chi connectivity index (χ3v) is 1.69. The van der Waals surface area contributed by atoms with Crippen molar-refractivity contribution in [2.24, 2.45) is 5.84 Å². The Kier molecular flexibility index (Phi) is 6.78. The Balaban J connectivity index is 3.57. The highest BCUT2D eigenvalue weighted by molar-refractivity contribution is 4.97. The molecule has 0 heterocycles. The molecular formula is C9H19N3. The molecule has 3 N–H and O–H groups in total. The van der Waals surface area contributed by atoms with E-state index in [0.717, 1.165) is 19.4 Å². The molecule has 0 fully saturated rings. The zero-order valence-corrected chi connectivity index (χ0v) is 8.22. The molecule has 0 saturated carbocycles. The SMILES string of the molecule is CC#CCC(CCN(C)C)NN. The predicted molar refractivity (Wildman–Crippen MR) is 52.3 cm³/mol. The molecule has 0 amide bonds. The van der Waals surface area contributed by atoms with Gasteiger partial charge in [0.15, 0.2) is 0 Å². The van der Waals surface area contributed by atoms with Crippen LogP contribution in [0.3, 0.4) is 0 Å². The smallest absolute Gasteiger partial charge is 0.0332 e. The van der Waals surface area contributed by atoms with E-state index in [-0.39, 0.29) is 0 Å². The molecule has 0 aliphatic rings. The van der Waals surface area contributed by atoms with Gasteiger partial charge in [-0.3, -0.25) is 11.3 Å². The molecule has 0 aromatic rings. The average molecular weight is 169 g/mol. The van der Waals surface area contributed by atoms with E-state index in [0.29, 0.717) is 6.04 Å². The minimum absolute atomic E-state index is 0.319. The molecule has 0 aromatic carbocycles. The van der Waals surface area contributed by atoms with Crippen LogP contribution in [0.2, 0.25) is 0 Å². The van der Waals surface area contributed by atoms with Gasteiger partial charge in [0.25, 0.3) is 0 Å². The van der Waals surface area contributed by atoms with E-state index in [9.17, 15) is 0 Å². The zero-order chi connectivity index (χ0) is 9.40. The van der Waals surface area contributed by atoms with Crippen LogP contribution in [-0.2, 0) is 0 Å². The summed E-state index contributed by atoms with van der Waals surface area (Å²) >= 11 is 0. The Morgan fingerprint density at radius 2 is 2.17 bits per heavy atom. The summed E-state index contributed by atoms with van der Waals surface area (Å²) in [6.45, 7) is 2.89. The number of hydrazine groups is 1. The second-order valence-corrected chi connectivity index (χ2v) is 3.09. The predicted octanol–water partition coefficient (Wildman–Crippen LogP) is 0.183. The van der Waals surface area contributed by atoms with Crippen molar-refractivity contribution in [3.8, 4) is 11.8 Å². The number of hydrogen-bond acceptors (Lipinski definition) is 3. The lowest BCUT2D eigenvalue weighted by atomic mass is 10.1. The van der Waals surface area contributed by atoms with Crippen LogP contribution in [0.5, 0.6) is 0 Å². The first-order valence-corrected chi connectivity index (χ1v) is 4.21. The maximum atomic E-state index is 5.36. The topological polar surface area (TPSA) is 41.3 Å². The molecule has 0 rings (SSSR count). The van der Waals surface area contributed by atoms with E-state index in [1.807, 2.05) is 6.92 Å². The molecule has 0 aliphatic carbocycles. The zero-order valence-electron chi connectivity index (χ0n) is 8.22. The van der Waals surface area contributed by atoms with E-state index in [2.05, 4.69) is 36.3 Å². The normalized spacial score (nSPS) is 12.4. The van der Waals surface area contributed by atoms with Gasteiger partial charge in [-0.1, -0.05) is 0 Å². The lowest BCUT2D eigenvalue weighted by molar-refractivity contribution is 0.361. The third-order valence-electron chi connectivity index (χ3n) is 1.69. The fourth-order valence-corrected chi connectivity index (χ4v) is 0.884. The van der Waals surface area contributed by atoms with Gasteiger partial charge in [0, 0.05) is 12.5 Å². The van der Waals surface area contributed by atoms with Gasteiger partial charge in [0.2, 0.25) is 0 Å². The monoisotopic (exact) mass is 169 g/mol. The number of hydrogen-bond donors (Lipinski definition) is 2. The lowest BCUT2D eigenvalue weighted by Gasteiger charge is -2.15. The maximum Gasteiger partial charge on any atom is 0.0332 e. The lowest BCUT2D eigenvalue weighted by Crippen LogP contribution is -2.37. The highest BCUT2D eigenvalue weighted by Gasteiger charge is 2.03. The first-order valence-electron chi connectivity index (χ1n) is 4.21. The Bertz CT molecular complexity index is 155. The Morgan fingerprint density at radius 1 is 1.50 bits per heavy atom. The van der Waals surface area contributed by atoms with Crippen LogP contribution < -0.4 is 11.3 Å². The molecule has 70 valence electrons. The van der Waals surface area contributed by atoms with Crippen LogP contribution in [0.4, 0.5) is 0 Å². The molecule has 1 atom stereocenters. The van der Waals surface area contributed by atoms with Crippen LogP contribution >= 0.6 is 0 Å². The molecule has 1 unspecified atom stereocenters. The molecule has 12 heavy (non-hydrogen) atoms. The molecule has 0 bridgehead atoms. The van der Waals surface area contributed by atoms with Crippen molar-refractivity contribution in [2.75, 3.05) is 20.6 Å². The highest BCUT2D eigenvalue weighted by atomic mass is 15.2. The van der Waals surface area contributed by atoms with Gasteiger partial charge >= 0.3 is 0 Å². The quantitative estimate of drug-likeness (QED) is 0.350. The minimum atomic E-state index is 0.319. The number of nitrogens with two attached hydrogens (primary N) is 1. The van der Waals surface area contributed by atoms with E-state index >= 15 is 0 Å². The first-order chi connectivity index (χ1) is 5.70. The largest absolute Gasteiger partial charge is 0.309 e. The van der Waals surface area contributed by atoms with Crippen molar-refractivity contribution in [3.63, 3.8) is 0 Å². The van der Waals surface area contributed by atoms with Gasteiger partial charge in [-0.05, 0) is 34.0 Å². The van der Waals surface area contributed by atoms with Crippen molar-refractivity contribution in [2.45, 2.75) is 25.8 Å². The summed E-state index contributed by atoms with van der Waals surface area (Å²) in [5.41, 5.74) is 2.76. The van der Waals surface area contributed by atoms with Crippen molar-refractivity contribution >= 4 is 0 Å². The number of nitrogens with one attached hydrogen (secondary N) is 1. The minimum Gasteiger partial charge on any atom is -0.309 e. The molecule has 0 saturated heterocycles. The molecule has 0 spiro atoms. The van der Waals surface area contributed by atoms with Gasteiger partial charge in [-0.2, -0.15) is 0 Å². The van der Waals surface area contributed by atoms with Crippen LogP contribution in [0.25, 0.3) is 0 Å². The van der Waals surface area contributed by atoms with Crippen LogP contribution in [-0.4, -0.2) is 31.6 Å². The molecule has 0 aliphatic heterocycles. The third kappa shape index (κ3) is 6.17. The van der Waals surface area contributed by atoms with Crippen LogP contribution in [0, 0.1) is 11.8 Å². The van der Waals surface area contributed by atoms with Gasteiger partial charge in [0.05, 0.1) is 0 Å². The Labute approximate surface area is 75.3 Å². The summed E-state index contributed by atoms with van der Waals surface area (Å²) in [4.78, 5) is 2.14. The fraction of sp³-hybridized carbons (Fsp3) is 0.778. The second kappa shape index (κ2) is 7.11. The summed E-state index contributed by atoms with van der Waals surface area (Å²) in [5, 5.41) is 0. The van der Waals surface area contributed by atoms with Crippen molar-refractivity contribution < 1.29 is 0 Å². The Morgan fingerprint density at radius 3 is 2.58 bits per heavy atom. The van der Waals surface area contributed by atoms with E-state index in [4.69, 9.17) is 5.84 Å². The standard InChI is InChI=1S/C9H19N3/c1-4-5-6-9(11-10)7-8-12(2)3/h9,11H,6-8,10H2,1-3H3. The summed E-state index contributed by atoms with van der Waals surface area (Å²) in [6, 6.07) is 0.319. The van der Waals surface area contributed by atoms with Crippen molar-refractivity contribution in [1.29, 1.82) is 0 Å². The van der Waals surface area contributed by atoms with Gasteiger partial charge in [-0.15, -0.1) is 11.8 Å². The van der Waals surface area contributed by atoms with E-state index in [1.165, 1.54) is 0 Å². The van der Waals surface area contributed by atoms with Crippen LogP contribution in [0.1, 0.15) is 19.8 Å². The van der Waals surface area contributed by atoms with E-state index < -0.39 is 0 Å². The number of rotatable bonds is 5. The molecular weight excluding hydrogens is 150 g/mol. The molecule has 3 nitrogen and oxygen atoms in total.